The molecule has 0 radical (unpaired) electrons. The van der Waals surface area contributed by atoms with E-state index in [0.717, 1.165) is 6.42 Å². The Balaban J connectivity index is 3.43. The van der Waals surface area contributed by atoms with Crippen molar-refractivity contribution in [1.29, 1.82) is 0 Å². The summed E-state index contributed by atoms with van der Waals surface area (Å²) in [5, 5.41) is 2.77. The molecule has 1 rings (SSSR count). The van der Waals surface area contributed by atoms with Crippen LogP contribution >= 0.6 is 12.6 Å². The molecule has 5 unspecified atom stereocenters. The Morgan fingerprint density at radius 3 is 1.42 bits per heavy atom. The van der Waals surface area contributed by atoms with Gasteiger partial charge in [0, 0.05) is 17.7 Å². The largest absolute Gasteiger partial charge is 0.414 e. The third kappa shape index (κ3) is 17.9. The van der Waals surface area contributed by atoms with Crippen LogP contribution in [0, 0.1) is 0 Å². The van der Waals surface area contributed by atoms with E-state index >= 15 is 0 Å². The topological polar surface area (TPSA) is 103 Å². The normalized spacial score (nSPS) is 22.5. The molecule has 10 nitrogen and oxygen atoms in total. The molecule has 0 aliphatic carbocycles. The van der Waals surface area contributed by atoms with E-state index in [4.69, 9.17) is 36.7 Å². The number of ether oxygens (including phenoxy) is 4. The lowest BCUT2D eigenvalue weighted by atomic mass is 9.99. The predicted octanol–water partition coefficient (Wildman–Crippen LogP) is 10.6. The standard InChI is InChI=1S/C42H91NO9SSi4/c1-38(2,3)54(15,16)48-31-32-34(50-55(17,18)39(4,5)6)35(51-56(19,20)40(7,8)9)36(52-57(21,22)41(10,11)12)37(49-32)47-30-29-46-28-27-45-26-25-43-33(44)23-24-42(13,14)53/h32,34-37,53H,23-31H2,1-22H3,(H,43,44). The molecule has 0 bridgehead atoms. The molecule has 340 valence electrons. The Labute approximate surface area is 360 Å². The second-order valence-electron chi connectivity index (χ2n) is 22.9. The number of amides is 1. The van der Waals surface area contributed by atoms with Crippen molar-refractivity contribution in [1.82, 2.24) is 5.32 Å². The minimum absolute atomic E-state index is 0.0125. The third-order valence-corrected chi connectivity index (χ3v) is 31.3. The van der Waals surface area contributed by atoms with Gasteiger partial charge >= 0.3 is 0 Å². The number of nitrogens with one attached hydrogen (secondary N) is 1. The molecule has 1 amide bonds. The number of carbonyl (C=O) groups excluding carboxylic acids is 1. The van der Waals surface area contributed by atoms with E-state index in [-0.39, 0.29) is 30.8 Å². The first kappa shape index (κ1) is 55.4. The molecule has 15 heteroatoms. The number of carbonyl (C=O) groups is 1. The minimum Gasteiger partial charge on any atom is -0.414 e. The summed E-state index contributed by atoms with van der Waals surface area (Å²) in [4.78, 5) is 12.1. The maximum absolute atomic E-state index is 12.1. The van der Waals surface area contributed by atoms with E-state index in [1.54, 1.807) is 0 Å². The van der Waals surface area contributed by atoms with Crippen LogP contribution in [0.3, 0.4) is 0 Å². The number of thiol groups is 1. The smallest absolute Gasteiger partial charge is 0.220 e. The lowest BCUT2D eigenvalue weighted by Crippen LogP contribution is -2.68. The highest BCUT2D eigenvalue weighted by molar-refractivity contribution is 7.81. The van der Waals surface area contributed by atoms with Crippen LogP contribution in [0.15, 0.2) is 0 Å². The molecule has 0 aromatic rings. The molecule has 5 atom stereocenters. The highest BCUT2D eigenvalue weighted by Crippen LogP contribution is 2.46. The van der Waals surface area contributed by atoms with Crippen molar-refractivity contribution in [2.45, 2.75) is 218 Å². The van der Waals surface area contributed by atoms with Crippen molar-refractivity contribution in [3.63, 3.8) is 0 Å². The van der Waals surface area contributed by atoms with E-state index in [9.17, 15) is 4.79 Å². The van der Waals surface area contributed by atoms with E-state index in [0.29, 0.717) is 52.6 Å². The molecule has 1 N–H and O–H groups in total. The second kappa shape index (κ2) is 21.2. The van der Waals surface area contributed by atoms with Gasteiger partial charge < -0.3 is 42.0 Å². The third-order valence-electron chi connectivity index (χ3n) is 13.1. The van der Waals surface area contributed by atoms with E-state index in [2.05, 4.69) is 153 Å². The molecule has 1 saturated heterocycles. The molecular weight excluding hydrogens is 807 g/mol. The average molecular weight is 899 g/mol. The predicted molar refractivity (Wildman–Crippen MR) is 251 cm³/mol. The average Bonchev–Trinajstić information content (AvgIpc) is 2.99. The Bertz CT molecular complexity index is 1220. The summed E-state index contributed by atoms with van der Waals surface area (Å²) in [5.41, 5.74) is 0. The van der Waals surface area contributed by atoms with Gasteiger partial charge in [0.05, 0.1) is 39.6 Å². The first-order valence-electron chi connectivity index (χ1n) is 21.4. The zero-order valence-corrected chi connectivity index (χ0v) is 45.8. The van der Waals surface area contributed by atoms with Crippen LogP contribution in [-0.4, -0.2) is 121 Å². The van der Waals surface area contributed by atoms with Gasteiger partial charge in [-0.05, 0) is 78.9 Å². The highest BCUT2D eigenvalue weighted by atomic mass is 32.1. The Hall–Kier alpha value is 0.368. The molecule has 57 heavy (non-hydrogen) atoms. The van der Waals surface area contributed by atoms with Gasteiger partial charge in [-0.1, -0.05) is 96.9 Å². The van der Waals surface area contributed by atoms with Crippen LogP contribution in [0.5, 0.6) is 0 Å². The monoisotopic (exact) mass is 898 g/mol. The summed E-state index contributed by atoms with van der Waals surface area (Å²) < 4.78 is 54.6. The fraction of sp³-hybridized carbons (Fsp3) is 0.976. The van der Waals surface area contributed by atoms with Crippen molar-refractivity contribution in [3.8, 4) is 0 Å². The zero-order valence-electron chi connectivity index (χ0n) is 40.9. The fourth-order valence-corrected chi connectivity index (χ4v) is 9.95. The van der Waals surface area contributed by atoms with Crippen molar-refractivity contribution < 1.29 is 41.4 Å². The maximum Gasteiger partial charge on any atom is 0.220 e. The number of hydrogen-bond donors (Lipinski definition) is 2. The molecule has 1 aliphatic rings. The Kier molecular flexibility index (Phi) is 20.6. The lowest BCUT2D eigenvalue weighted by Gasteiger charge is -2.54. The molecule has 0 spiro atoms. The van der Waals surface area contributed by atoms with Gasteiger partial charge in [0.2, 0.25) is 5.91 Å². The summed E-state index contributed by atoms with van der Waals surface area (Å²) in [5.74, 6) is 0.0125. The van der Waals surface area contributed by atoms with Crippen LogP contribution in [-0.2, 0) is 41.4 Å². The summed E-state index contributed by atoms with van der Waals surface area (Å²) in [7, 11) is -9.29. The Morgan fingerprint density at radius 1 is 0.579 bits per heavy atom. The minimum atomic E-state index is -2.39. The quantitative estimate of drug-likeness (QED) is 0.0625. The SMILES string of the molecule is CC(C)(S)CCC(=O)NCCOCCOCCOC1OC(CO[Si](C)(C)C(C)(C)C)C(O[Si](C)(C)C(C)(C)C)C(O[Si](C)(C)C(C)(C)C)C1O[Si](C)(C)C(C)(C)C. The van der Waals surface area contributed by atoms with Crippen LogP contribution in [0.25, 0.3) is 0 Å². The molecule has 1 aliphatic heterocycles. The van der Waals surface area contributed by atoms with E-state index in [1.165, 1.54) is 0 Å². The van der Waals surface area contributed by atoms with Crippen LogP contribution in [0.2, 0.25) is 72.5 Å². The van der Waals surface area contributed by atoms with Crippen molar-refractivity contribution >= 4 is 51.8 Å². The molecule has 1 heterocycles. The summed E-state index contributed by atoms with van der Waals surface area (Å²) >= 11 is 4.49. The first-order valence-corrected chi connectivity index (χ1v) is 33.5. The number of rotatable bonds is 22. The van der Waals surface area contributed by atoms with Gasteiger partial charge in [-0.2, -0.15) is 12.6 Å². The van der Waals surface area contributed by atoms with E-state index in [1.807, 2.05) is 13.8 Å². The highest BCUT2D eigenvalue weighted by Gasteiger charge is 2.57. The first-order chi connectivity index (χ1) is 25.4. The molecule has 0 aromatic carbocycles. The van der Waals surface area contributed by atoms with Gasteiger partial charge in [-0.3, -0.25) is 4.79 Å². The molecule has 1 fully saturated rings. The lowest BCUT2D eigenvalue weighted by molar-refractivity contribution is -0.293. The zero-order chi connectivity index (χ0) is 44.7. The van der Waals surface area contributed by atoms with Crippen LogP contribution in [0.4, 0.5) is 0 Å². The Morgan fingerprint density at radius 2 is 0.982 bits per heavy atom. The van der Waals surface area contributed by atoms with Gasteiger partial charge in [-0.25, -0.2) is 0 Å². The van der Waals surface area contributed by atoms with E-state index < -0.39 is 64.0 Å². The van der Waals surface area contributed by atoms with Gasteiger partial charge in [0.1, 0.15) is 24.4 Å². The van der Waals surface area contributed by atoms with Crippen molar-refractivity contribution in [2.24, 2.45) is 0 Å². The maximum atomic E-state index is 12.1. The van der Waals surface area contributed by atoms with Crippen LogP contribution < -0.4 is 5.32 Å². The molecule has 0 aromatic heterocycles. The summed E-state index contributed by atoms with van der Waals surface area (Å²) in [6.07, 6.45) is -1.40. The number of hydrogen-bond acceptors (Lipinski definition) is 10. The van der Waals surface area contributed by atoms with Crippen LogP contribution in [0.1, 0.15) is 110 Å². The van der Waals surface area contributed by atoms with Gasteiger partial charge in [-0.15, -0.1) is 0 Å². The fourth-order valence-electron chi connectivity index (χ4n) is 4.92. The summed E-state index contributed by atoms with van der Waals surface area (Å²) in [6, 6.07) is 0. The molecular formula is C42H91NO9SSi4. The summed E-state index contributed by atoms with van der Waals surface area (Å²) in [6.45, 7) is 52.3. The molecule has 0 saturated carbocycles. The van der Waals surface area contributed by atoms with Crippen molar-refractivity contribution in [3.05, 3.63) is 0 Å². The van der Waals surface area contributed by atoms with Gasteiger partial charge in [0.15, 0.2) is 39.6 Å². The van der Waals surface area contributed by atoms with Crippen molar-refractivity contribution in [2.75, 3.05) is 46.2 Å². The second-order valence-corrected chi connectivity index (χ2v) is 43.2. The van der Waals surface area contributed by atoms with Gasteiger partial charge in [0.25, 0.3) is 0 Å².